The Morgan fingerprint density at radius 2 is 1.71 bits per heavy atom. The van der Waals surface area contributed by atoms with Gasteiger partial charge < -0.3 is 0 Å². The number of benzene rings is 2. The first-order chi connectivity index (χ1) is 9.84. The zero-order valence-electron chi connectivity index (χ0n) is 12.1. The van der Waals surface area contributed by atoms with Crippen LogP contribution >= 0.6 is 0 Å². The molecule has 2 aromatic carbocycles. The summed E-state index contributed by atoms with van der Waals surface area (Å²) in [6, 6.07) is 10.6. The van der Waals surface area contributed by atoms with Crippen LogP contribution in [0.3, 0.4) is 0 Å². The number of rotatable bonds is 4. The van der Waals surface area contributed by atoms with Crippen molar-refractivity contribution >= 4 is 5.57 Å². The Bertz CT molecular complexity index is 649. The molecule has 0 heterocycles. The van der Waals surface area contributed by atoms with E-state index >= 15 is 0 Å². The van der Waals surface area contributed by atoms with Gasteiger partial charge in [-0.25, -0.2) is 13.2 Å². The minimum absolute atomic E-state index is 0.0429. The molecule has 21 heavy (non-hydrogen) atoms. The lowest BCUT2D eigenvalue weighted by Gasteiger charge is -2.17. The van der Waals surface area contributed by atoms with E-state index in [1.54, 1.807) is 24.3 Å². The Balaban J connectivity index is 2.54. The number of allylic oxidation sites excluding steroid dienone is 1. The van der Waals surface area contributed by atoms with Gasteiger partial charge >= 0.3 is 0 Å². The van der Waals surface area contributed by atoms with Gasteiger partial charge in [-0.3, -0.25) is 0 Å². The summed E-state index contributed by atoms with van der Waals surface area (Å²) < 4.78 is 41.4. The zero-order valence-corrected chi connectivity index (χ0v) is 12.1. The van der Waals surface area contributed by atoms with Crippen LogP contribution in [0.2, 0.25) is 0 Å². The Hall–Kier alpha value is -2.03. The van der Waals surface area contributed by atoms with Crippen LogP contribution in [0.1, 0.15) is 31.4 Å². The van der Waals surface area contributed by atoms with E-state index in [0.717, 1.165) is 24.5 Å². The molecule has 0 N–H and O–H groups in total. The maximum Gasteiger partial charge on any atom is 0.271 e. The van der Waals surface area contributed by atoms with Gasteiger partial charge in [-0.05, 0) is 29.2 Å². The van der Waals surface area contributed by atoms with Gasteiger partial charge in [0.25, 0.3) is 5.92 Å². The quantitative estimate of drug-likeness (QED) is 0.645. The molecule has 0 aliphatic rings. The molecule has 0 atom stereocenters. The highest BCUT2D eigenvalue weighted by molar-refractivity contribution is 5.72. The van der Waals surface area contributed by atoms with E-state index in [9.17, 15) is 13.2 Å². The summed E-state index contributed by atoms with van der Waals surface area (Å²) in [5, 5.41) is 0. The molecule has 0 bridgehead atoms. The molecule has 0 saturated heterocycles. The van der Waals surface area contributed by atoms with Gasteiger partial charge in [-0.2, -0.15) is 0 Å². The topological polar surface area (TPSA) is 0 Å². The van der Waals surface area contributed by atoms with Gasteiger partial charge in [-0.1, -0.05) is 49.9 Å². The first-order valence-electron chi connectivity index (χ1n) is 6.80. The number of halogens is 3. The molecule has 0 aliphatic heterocycles. The summed E-state index contributed by atoms with van der Waals surface area (Å²) in [6.07, 6.45) is 0.803. The fourth-order valence-electron chi connectivity index (χ4n) is 2.26. The summed E-state index contributed by atoms with van der Waals surface area (Å²) in [6.45, 7) is 6.69. The van der Waals surface area contributed by atoms with Crippen molar-refractivity contribution in [2.75, 3.05) is 0 Å². The molecule has 0 fully saturated rings. The molecule has 0 radical (unpaired) electrons. The lowest BCUT2D eigenvalue weighted by Crippen LogP contribution is -2.10. The standard InChI is InChI=1S/C18H17F3/c1-4-12(2)13-8-10-14(11-9-13)17-15(18(3,20)21)6-5-7-16(17)19/h5-11H,2,4H2,1,3H3. The second-order valence-electron chi connectivity index (χ2n) is 5.09. The number of alkyl halides is 2. The van der Waals surface area contributed by atoms with Gasteiger partial charge in [0, 0.05) is 18.1 Å². The molecule has 0 amide bonds. The van der Waals surface area contributed by atoms with Crippen LogP contribution < -0.4 is 0 Å². The molecule has 0 unspecified atom stereocenters. The Labute approximate surface area is 122 Å². The second kappa shape index (κ2) is 5.76. The monoisotopic (exact) mass is 290 g/mol. The van der Waals surface area contributed by atoms with Crippen molar-refractivity contribution in [3.63, 3.8) is 0 Å². The first-order valence-corrected chi connectivity index (χ1v) is 6.80. The summed E-state index contributed by atoms with van der Waals surface area (Å²) in [5.74, 6) is -3.74. The molecule has 2 aromatic rings. The molecular weight excluding hydrogens is 273 g/mol. The van der Waals surface area contributed by atoms with Crippen LogP contribution in [0.5, 0.6) is 0 Å². The van der Waals surface area contributed by atoms with Crippen molar-refractivity contribution in [2.24, 2.45) is 0 Å². The minimum atomic E-state index is -3.09. The van der Waals surface area contributed by atoms with Crippen LogP contribution in [-0.4, -0.2) is 0 Å². The number of hydrogen-bond donors (Lipinski definition) is 0. The summed E-state index contributed by atoms with van der Waals surface area (Å²) in [5.41, 5.74) is 1.99. The molecular formula is C18H17F3. The third-order valence-corrected chi connectivity index (χ3v) is 3.50. The Kier molecular flexibility index (Phi) is 4.21. The van der Waals surface area contributed by atoms with Crippen LogP contribution in [0.25, 0.3) is 16.7 Å². The second-order valence-corrected chi connectivity index (χ2v) is 5.09. The zero-order chi connectivity index (χ0) is 15.6. The molecule has 0 aromatic heterocycles. The fraction of sp³-hybridized carbons (Fsp3) is 0.222. The molecule has 0 saturated carbocycles. The van der Waals surface area contributed by atoms with Gasteiger partial charge in [0.05, 0.1) is 0 Å². The maximum atomic E-state index is 14.0. The van der Waals surface area contributed by atoms with Crippen molar-refractivity contribution in [3.8, 4) is 11.1 Å². The minimum Gasteiger partial charge on any atom is -0.206 e. The summed E-state index contributed by atoms with van der Waals surface area (Å²) in [4.78, 5) is 0. The smallest absolute Gasteiger partial charge is 0.206 e. The lowest BCUT2D eigenvalue weighted by atomic mass is 9.94. The Morgan fingerprint density at radius 1 is 1.10 bits per heavy atom. The molecule has 0 aliphatic carbocycles. The lowest BCUT2D eigenvalue weighted by molar-refractivity contribution is 0.0178. The van der Waals surface area contributed by atoms with E-state index in [1.807, 2.05) is 6.92 Å². The normalized spacial score (nSPS) is 11.5. The molecule has 110 valence electrons. The van der Waals surface area contributed by atoms with E-state index in [0.29, 0.717) is 5.56 Å². The average Bonchev–Trinajstić information content (AvgIpc) is 2.45. The van der Waals surface area contributed by atoms with E-state index < -0.39 is 11.7 Å². The largest absolute Gasteiger partial charge is 0.271 e. The Morgan fingerprint density at radius 3 is 2.24 bits per heavy atom. The van der Waals surface area contributed by atoms with E-state index in [-0.39, 0.29) is 11.1 Å². The SMILES string of the molecule is C=C(CC)c1ccc(-c2c(F)cccc2C(C)(F)F)cc1. The highest BCUT2D eigenvalue weighted by Gasteiger charge is 2.29. The molecule has 2 rings (SSSR count). The van der Waals surface area contributed by atoms with Crippen molar-refractivity contribution < 1.29 is 13.2 Å². The van der Waals surface area contributed by atoms with Crippen molar-refractivity contribution in [1.82, 2.24) is 0 Å². The first kappa shape index (κ1) is 15.4. The van der Waals surface area contributed by atoms with Gasteiger partial charge in [0.2, 0.25) is 0 Å². The van der Waals surface area contributed by atoms with Crippen LogP contribution in [0, 0.1) is 5.82 Å². The maximum absolute atomic E-state index is 14.0. The molecule has 3 heteroatoms. The molecule has 0 spiro atoms. The third kappa shape index (κ3) is 3.18. The third-order valence-electron chi connectivity index (χ3n) is 3.50. The van der Waals surface area contributed by atoms with E-state index in [4.69, 9.17) is 0 Å². The highest BCUT2D eigenvalue weighted by Crippen LogP contribution is 2.37. The van der Waals surface area contributed by atoms with E-state index in [2.05, 4.69) is 6.58 Å². The summed E-state index contributed by atoms with van der Waals surface area (Å²) >= 11 is 0. The molecule has 0 nitrogen and oxygen atoms in total. The summed E-state index contributed by atoms with van der Waals surface area (Å²) in [7, 11) is 0. The van der Waals surface area contributed by atoms with Gasteiger partial charge in [-0.15, -0.1) is 0 Å². The van der Waals surface area contributed by atoms with Gasteiger partial charge in [0.1, 0.15) is 5.82 Å². The number of hydrogen-bond acceptors (Lipinski definition) is 0. The fourth-order valence-corrected chi connectivity index (χ4v) is 2.26. The van der Waals surface area contributed by atoms with Crippen molar-refractivity contribution in [1.29, 1.82) is 0 Å². The van der Waals surface area contributed by atoms with Gasteiger partial charge in [0.15, 0.2) is 0 Å². The van der Waals surface area contributed by atoms with Crippen LogP contribution in [0.4, 0.5) is 13.2 Å². The average molecular weight is 290 g/mol. The predicted octanol–water partition coefficient (Wildman–Crippen LogP) is 6.03. The van der Waals surface area contributed by atoms with E-state index in [1.165, 1.54) is 18.2 Å². The predicted molar refractivity (Wildman–Crippen MR) is 80.7 cm³/mol. The van der Waals surface area contributed by atoms with Crippen LogP contribution in [0.15, 0.2) is 49.0 Å². The van der Waals surface area contributed by atoms with Crippen molar-refractivity contribution in [3.05, 3.63) is 66.0 Å². The highest BCUT2D eigenvalue weighted by atomic mass is 19.3. The van der Waals surface area contributed by atoms with Crippen LogP contribution in [-0.2, 0) is 5.92 Å². The van der Waals surface area contributed by atoms with Crippen molar-refractivity contribution in [2.45, 2.75) is 26.2 Å².